The van der Waals surface area contributed by atoms with E-state index in [0.29, 0.717) is 0 Å². The molecular formula is C10H14N+. The van der Waals surface area contributed by atoms with Gasteiger partial charge in [0.2, 0.25) is 0 Å². The van der Waals surface area contributed by atoms with Crippen molar-refractivity contribution in [2.24, 2.45) is 0 Å². The summed E-state index contributed by atoms with van der Waals surface area (Å²) >= 11 is 0. The maximum Gasteiger partial charge on any atom is 0.128 e. The summed E-state index contributed by atoms with van der Waals surface area (Å²) in [5, 5.41) is 0. The van der Waals surface area contributed by atoms with Crippen LogP contribution in [0.4, 0.5) is 5.69 Å². The van der Waals surface area contributed by atoms with Gasteiger partial charge in [-0.3, -0.25) is 0 Å². The topological polar surface area (TPSA) is 27.6 Å². The van der Waals surface area contributed by atoms with Crippen molar-refractivity contribution in [2.75, 3.05) is 0 Å². The molecule has 0 radical (unpaired) electrons. The maximum absolute atomic E-state index is 3.86. The van der Waals surface area contributed by atoms with E-state index in [1.807, 2.05) is 19.1 Å². The van der Waals surface area contributed by atoms with Gasteiger partial charge in [-0.2, -0.15) is 0 Å². The summed E-state index contributed by atoms with van der Waals surface area (Å²) in [6, 6.07) is 6.22. The fraction of sp³-hybridized carbons (Fsp3) is 0.200. The molecule has 1 heteroatoms. The lowest BCUT2D eigenvalue weighted by atomic mass is 10.1. The average molecular weight is 148 g/mol. The van der Waals surface area contributed by atoms with Crippen LogP contribution in [0.2, 0.25) is 0 Å². The van der Waals surface area contributed by atoms with E-state index in [1.165, 1.54) is 11.1 Å². The quantitative estimate of drug-likeness (QED) is 0.630. The lowest BCUT2D eigenvalue weighted by Gasteiger charge is -1.98. The van der Waals surface area contributed by atoms with Gasteiger partial charge in [-0.15, -0.1) is 0 Å². The largest absolute Gasteiger partial charge is 0.325 e. The number of benzene rings is 1. The zero-order valence-electron chi connectivity index (χ0n) is 7.09. The van der Waals surface area contributed by atoms with Crippen LogP contribution in [0.15, 0.2) is 24.3 Å². The first kappa shape index (κ1) is 8.02. The van der Waals surface area contributed by atoms with Gasteiger partial charge in [-0.05, 0) is 37.1 Å². The van der Waals surface area contributed by atoms with Crippen molar-refractivity contribution in [1.82, 2.24) is 0 Å². The predicted molar refractivity (Wildman–Crippen MR) is 48.4 cm³/mol. The Balaban J connectivity index is 3.09. The lowest BCUT2D eigenvalue weighted by molar-refractivity contribution is -0.254. The van der Waals surface area contributed by atoms with Crippen molar-refractivity contribution in [3.63, 3.8) is 0 Å². The van der Waals surface area contributed by atoms with Crippen LogP contribution in [0.25, 0.3) is 6.08 Å². The maximum atomic E-state index is 3.86. The van der Waals surface area contributed by atoms with Gasteiger partial charge in [0.15, 0.2) is 0 Å². The molecule has 11 heavy (non-hydrogen) atoms. The Morgan fingerprint density at radius 2 is 2.09 bits per heavy atom. The van der Waals surface area contributed by atoms with Crippen LogP contribution < -0.4 is 5.73 Å². The highest BCUT2D eigenvalue weighted by Gasteiger charge is 1.94. The second-order valence-corrected chi connectivity index (χ2v) is 2.69. The summed E-state index contributed by atoms with van der Waals surface area (Å²) in [7, 11) is 0. The molecule has 0 aromatic heterocycles. The molecule has 0 aliphatic carbocycles. The first-order chi connectivity index (χ1) is 5.24. The number of aryl methyl sites for hydroxylation is 1. The zero-order chi connectivity index (χ0) is 8.27. The van der Waals surface area contributed by atoms with E-state index in [-0.39, 0.29) is 0 Å². The molecule has 0 amide bonds. The number of quaternary nitrogens is 1. The van der Waals surface area contributed by atoms with E-state index < -0.39 is 0 Å². The monoisotopic (exact) mass is 148 g/mol. The molecule has 1 rings (SSSR count). The van der Waals surface area contributed by atoms with Gasteiger partial charge in [0.1, 0.15) is 5.69 Å². The first-order valence-corrected chi connectivity index (χ1v) is 3.79. The van der Waals surface area contributed by atoms with Gasteiger partial charge in [0.05, 0.1) is 0 Å². The Hall–Kier alpha value is -1.08. The molecule has 0 heterocycles. The minimum Gasteiger partial charge on any atom is -0.325 e. The summed E-state index contributed by atoms with van der Waals surface area (Å²) in [6.45, 7) is 4.13. The summed E-state index contributed by atoms with van der Waals surface area (Å²) in [6.07, 6.45) is 4.15. The normalized spacial score (nSPS) is 10.8. The standard InChI is InChI=1S/C10H13N/c1-3-4-9-5-6-10(11)7-8(9)2/h3-7H,11H2,1-2H3/p+1/b4-3+. The van der Waals surface area contributed by atoms with Crippen LogP contribution in [0.3, 0.4) is 0 Å². The summed E-state index contributed by atoms with van der Waals surface area (Å²) < 4.78 is 0. The number of rotatable bonds is 1. The zero-order valence-corrected chi connectivity index (χ0v) is 7.09. The molecular weight excluding hydrogens is 134 g/mol. The van der Waals surface area contributed by atoms with Crippen molar-refractivity contribution in [2.45, 2.75) is 13.8 Å². The van der Waals surface area contributed by atoms with Crippen LogP contribution in [0.1, 0.15) is 18.1 Å². The SMILES string of the molecule is C/C=C/c1ccc([NH3+])cc1C. The van der Waals surface area contributed by atoms with E-state index >= 15 is 0 Å². The van der Waals surface area contributed by atoms with Gasteiger partial charge in [-0.25, -0.2) is 0 Å². The van der Waals surface area contributed by atoms with Crippen molar-refractivity contribution < 1.29 is 5.73 Å². The van der Waals surface area contributed by atoms with Crippen molar-refractivity contribution >= 4 is 11.8 Å². The molecule has 3 N–H and O–H groups in total. The van der Waals surface area contributed by atoms with Gasteiger partial charge in [0.25, 0.3) is 0 Å². The molecule has 0 saturated heterocycles. The van der Waals surface area contributed by atoms with E-state index in [1.54, 1.807) is 0 Å². The Labute approximate surface area is 67.5 Å². The summed E-state index contributed by atoms with van der Waals surface area (Å²) in [5.74, 6) is 0. The highest BCUT2D eigenvalue weighted by molar-refractivity contribution is 5.55. The van der Waals surface area contributed by atoms with Gasteiger partial charge in [-0.1, -0.05) is 12.2 Å². The third kappa shape index (κ3) is 1.92. The van der Waals surface area contributed by atoms with Crippen LogP contribution in [-0.4, -0.2) is 0 Å². The van der Waals surface area contributed by atoms with E-state index in [0.717, 1.165) is 5.69 Å². The van der Waals surface area contributed by atoms with Crippen molar-refractivity contribution in [3.05, 3.63) is 35.4 Å². The minimum atomic E-state index is 1.08. The third-order valence-electron chi connectivity index (χ3n) is 1.68. The van der Waals surface area contributed by atoms with E-state index in [9.17, 15) is 0 Å². The Morgan fingerprint density at radius 1 is 1.36 bits per heavy atom. The molecule has 0 spiro atoms. The molecule has 0 unspecified atom stereocenters. The molecule has 0 saturated carbocycles. The van der Waals surface area contributed by atoms with Gasteiger partial charge in [0, 0.05) is 6.07 Å². The molecule has 0 aliphatic rings. The molecule has 1 nitrogen and oxygen atoms in total. The van der Waals surface area contributed by atoms with Crippen LogP contribution in [0.5, 0.6) is 0 Å². The Kier molecular flexibility index (Phi) is 2.44. The minimum absolute atomic E-state index is 1.08. The third-order valence-corrected chi connectivity index (χ3v) is 1.68. The number of hydrogen-bond acceptors (Lipinski definition) is 0. The second-order valence-electron chi connectivity index (χ2n) is 2.69. The van der Waals surface area contributed by atoms with Crippen molar-refractivity contribution in [1.29, 1.82) is 0 Å². The first-order valence-electron chi connectivity index (χ1n) is 3.79. The summed E-state index contributed by atoms with van der Waals surface area (Å²) in [5.41, 5.74) is 7.50. The molecule has 0 aliphatic heterocycles. The second kappa shape index (κ2) is 3.35. The van der Waals surface area contributed by atoms with Crippen LogP contribution >= 0.6 is 0 Å². The fourth-order valence-electron chi connectivity index (χ4n) is 1.10. The van der Waals surface area contributed by atoms with E-state index in [4.69, 9.17) is 0 Å². The van der Waals surface area contributed by atoms with Crippen LogP contribution in [-0.2, 0) is 0 Å². The smallest absolute Gasteiger partial charge is 0.128 e. The molecule has 1 aromatic carbocycles. The summed E-state index contributed by atoms with van der Waals surface area (Å²) in [4.78, 5) is 0. The fourth-order valence-corrected chi connectivity index (χ4v) is 1.10. The van der Waals surface area contributed by atoms with E-state index in [2.05, 4.69) is 30.9 Å². The van der Waals surface area contributed by atoms with Gasteiger partial charge < -0.3 is 5.73 Å². The molecule has 58 valence electrons. The molecule has 0 fully saturated rings. The number of allylic oxidation sites excluding steroid dienone is 1. The Bertz CT molecular complexity index is 274. The Morgan fingerprint density at radius 3 is 2.64 bits per heavy atom. The molecule has 0 bridgehead atoms. The molecule has 0 atom stereocenters. The highest BCUT2D eigenvalue weighted by Crippen LogP contribution is 2.12. The van der Waals surface area contributed by atoms with Crippen LogP contribution in [0, 0.1) is 6.92 Å². The highest BCUT2D eigenvalue weighted by atomic mass is 14.5. The number of hydrogen-bond donors (Lipinski definition) is 1. The lowest BCUT2D eigenvalue weighted by Crippen LogP contribution is -2.40. The van der Waals surface area contributed by atoms with Gasteiger partial charge >= 0.3 is 0 Å². The van der Waals surface area contributed by atoms with Crippen molar-refractivity contribution in [3.8, 4) is 0 Å². The predicted octanol–water partition coefficient (Wildman–Crippen LogP) is 1.90. The average Bonchev–Trinajstić information content (AvgIpc) is 1.95. The molecule has 1 aromatic rings.